The summed E-state index contributed by atoms with van der Waals surface area (Å²) in [5.74, 6) is 0.955. The lowest BCUT2D eigenvalue weighted by Crippen LogP contribution is -1.80. The molecule has 0 atom stereocenters. The molecular formula is C13H10N2O2S. The van der Waals surface area contributed by atoms with Crippen LogP contribution < -0.4 is 4.74 Å². The fourth-order valence-electron chi connectivity index (χ4n) is 1.70. The molecule has 2 aromatic heterocycles. The molecule has 18 heavy (non-hydrogen) atoms. The van der Waals surface area contributed by atoms with Gasteiger partial charge in [0.2, 0.25) is 0 Å². The smallest absolute Gasteiger partial charge is 0.134 e. The van der Waals surface area contributed by atoms with Gasteiger partial charge in [-0.3, -0.25) is 4.98 Å². The molecule has 0 aliphatic heterocycles. The van der Waals surface area contributed by atoms with Gasteiger partial charge in [0.1, 0.15) is 16.5 Å². The average molecular weight is 258 g/mol. The monoisotopic (exact) mass is 258 g/mol. The lowest BCUT2D eigenvalue weighted by Gasteiger charge is -1.96. The minimum absolute atomic E-state index is 0.143. The lowest BCUT2D eigenvalue weighted by molar-refractivity contribution is 0.415. The van der Waals surface area contributed by atoms with E-state index in [0.29, 0.717) is 0 Å². The van der Waals surface area contributed by atoms with Crippen molar-refractivity contribution in [2.75, 3.05) is 7.11 Å². The topological polar surface area (TPSA) is 55.2 Å². The number of hydrogen-bond donors (Lipinski definition) is 1. The first kappa shape index (κ1) is 11.0. The molecule has 2 heterocycles. The van der Waals surface area contributed by atoms with Gasteiger partial charge in [-0.25, -0.2) is 4.98 Å². The Hall–Kier alpha value is -2.14. The van der Waals surface area contributed by atoms with E-state index in [4.69, 9.17) is 4.74 Å². The van der Waals surface area contributed by atoms with Crippen molar-refractivity contribution >= 4 is 21.6 Å². The van der Waals surface area contributed by atoms with Crippen LogP contribution in [-0.4, -0.2) is 22.2 Å². The number of pyridine rings is 1. The van der Waals surface area contributed by atoms with Crippen LogP contribution in [0, 0.1) is 0 Å². The van der Waals surface area contributed by atoms with Crippen molar-refractivity contribution in [2.24, 2.45) is 0 Å². The van der Waals surface area contributed by atoms with E-state index in [0.717, 1.165) is 26.5 Å². The van der Waals surface area contributed by atoms with Gasteiger partial charge < -0.3 is 9.84 Å². The van der Waals surface area contributed by atoms with Crippen LogP contribution in [0.4, 0.5) is 0 Å². The first-order chi connectivity index (χ1) is 8.76. The fraction of sp³-hybridized carbons (Fsp3) is 0.0769. The van der Waals surface area contributed by atoms with Crippen molar-refractivity contribution in [3.63, 3.8) is 0 Å². The van der Waals surface area contributed by atoms with E-state index in [1.165, 1.54) is 6.20 Å². The number of benzene rings is 1. The van der Waals surface area contributed by atoms with E-state index in [1.807, 2.05) is 18.2 Å². The number of rotatable bonds is 2. The highest BCUT2D eigenvalue weighted by Crippen LogP contribution is 2.32. The van der Waals surface area contributed by atoms with Gasteiger partial charge in [0.25, 0.3) is 0 Å². The molecule has 1 aromatic carbocycles. The minimum Gasteiger partial charge on any atom is -0.506 e. The fourth-order valence-corrected chi connectivity index (χ4v) is 2.68. The van der Waals surface area contributed by atoms with Crippen LogP contribution in [-0.2, 0) is 0 Å². The first-order valence-corrected chi connectivity index (χ1v) is 6.17. The normalized spacial score (nSPS) is 10.7. The molecule has 0 amide bonds. The first-order valence-electron chi connectivity index (χ1n) is 5.35. The van der Waals surface area contributed by atoms with E-state index in [-0.39, 0.29) is 5.75 Å². The highest BCUT2D eigenvalue weighted by molar-refractivity contribution is 7.21. The zero-order valence-electron chi connectivity index (χ0n) is 9.62. The lowest BCUT2D eigenvalue weighted by atomic mass is 10.3. The summed E-state index contributed by atoms with van der Waals surface area (Å²) >= 11 is 1.55. The largest absolute Gasteiger partial charge is 0.506 e. The molecule has 3 aromatic rings. The Balaban J connectivity index is 2.13. The third-order valence-corrected chi connectivity index (χ3v) is 3.63. The Bertz CT molecular complexity index is 709. The number of fused-ring (bicyclic) bond motifs is 1. The maximum Gasteiger partial charge on any atom is 0.134 e. The number of aromatic hydroxyl groups is 1. The molecule has 4 nitrogen and oxygen atoms in total. The van der Waals surface area contributed by atoms with Gasteiger partial charge in [0, 0.05) is 11.8 Å². The summed E-state index contributed by atoms with van der Waals surface area (Å²) in [6.45, 7) is 0. The van der Waals surface area contributed by atoms with E-state index >= 15 is 0 Å². The molecule has 0 aliphatic rings. The summed E-state index contributed by atoms with van der Waals surface area (Å²) in [6, 6.07) is 7.41. The molecule has 0 spiro atoms. The third kappa shape index (κ3) is 1.89. The zero-order valence-corrected chi connectivity index (χ0v) is 10.4. The Morgan fingerprint density at radius 2 is 2.11 bits per heavy atom. The molecule has 5 heteroatoms. The van der Waals surface area contributed by atoms with Gasteiger partial charge in [-0.1, -0.05) is 0 Å². The molecule has 0 saturated carbocycles. The number of hydrogen-bond acceptors (Lipinski definition) is 5. The number of nitrogens with zero attached hydrogens (tertiary/aromatic N) is 2. The van der Waals surface area contributed by atoms with Crippen molar-refractivity contribution in [3.05, 3.63) is 36.7 Å². The minimum atomic E-state index is 0.143. The van der Waals surface area contributed by atoms with E-state index < -0.39 is 0 Å². The molecule has 0 unspecified atom stereocenters. The van der Waals surface area contributed by atoms with Gasteiger partial charge in [0.05, 0.1) is 23.5 Å². The van der Waals surface area contributed by atoms with Gasteiger partial charge in [-0.15, -0.1) is 11.3 Å². The van der Waals surface area contributed by atoms with Crippen LogP contribution in [0.3, 0.4) is 0 Å². The summed E-state index contributed by atoms with van der Waals surface area (Å²) in [5, 5.41) is 10.3. The van der Waals surface area contributed by atoms with Gasteiger partial charge >= 0.3 is 0 Å². The summed E-state index contributed by atoms with van der Waals surface area (Å²) in [7, 11) is 1.64. The zero-order chi connectivity index (χ0) is 12.5. The number of aromatic nitrogens is 2. The predicted molar refractivity (Wildman–Crippen MR) is 71.1 cm³/mol. The summed E-state index contributed by atoms with van der Waals surface area (Å²) < 4.78 is 6.23. The standard InChI is InChI=1S/C13H10N2O2S/c1-17-10-2-3-11-12(5-10)18-13(15-11)8-4-9(16)7-14-6-8/h2-7,16H,1H3. The Morgan fingerprint density at radius 1 is 1.22 bits per heavy atom. The second-order valence-corrected chi connectivity index (χ2v) is 4.82. The molecule has 0 fully saturated rings. The number of thiazole rings is 1. The highest BCUT2D eigenvalue weighted by Gasteiger charge is 2.08. The molecule has 0 radical (unpaired) electrons. The molecule has 90 valence electrons. The van der Waals surface area contributed by atoms with Crippen LogP contribution >= 0.6 is 11.3 Å². The van der Waals surface area contributed by atoms with Crippen molar-refractivity contribution in [3.8, 4) is 22.1 Å². The maximum absolute atomic E-state index is 9.43. The second kappa shape index (κ2) is 4.27. The van der Waals surface area contributed by atoms with Crippen molar-refractivity contribution in [1.29, 1.82) is 0 Å². The summed E-state index contributed by atoms with van der Waals surface area (Å²) in [6.07, 6.45) is 3.09. The quantitative estimate of drug-likeness (QED) is 0.767. The van der Waals surface area contributed by atoms with Gasteiger partial charge in [-0.05, 0) is 24.3 Å². The van der Waals surface area contributed by atoms with E-state index in [9.17, 15) is 5.11 Å². The number of ether oxygens (including phenoxy) is 1. The van der Waals surface area contributed by atoms with Crippen molar-refractivity contribution < 1.29 is 9.84 Å². The van der Waals surface area contributed by atoms with Crippen LogP contribution in [0.1, 0.15) is 0 Å². The molecular weight excluding hydrogens is 248 g/mol. The van der Waals surface area contributed by atoms with E-state index in [1.54, 1.807) is 30.7 Å². The molecule has 0 aliphatic carbocycles. The van der Waals surface area contributed by atoms with Gasteiger partial charge in [-0.2, -0.15) is 0 Å². The van der Waals surface area contributed by atoms with Crippen LogP contribution in [0.5, 0.6) is 11.5 Å². The Kier molecular flexibility index (Phi) is 2.60. The molecule has 0 saturated heterocycles. The maximum atomic E-state index is 9.43. The molecule has 3 rings (SSSR count). The summed E-state index contributed by atoms with van der Waals surface area (Å²) in [5.41, 5.74) is 1.73. The second-order valence-electron chi connectivity index (χ2n) is 3.78. The Morgan fingerprint density at radius 3 is 2.89 bits per heavy atom. The highest BCUT2D eigenvalue weighted by atomic mass is 32.1. The predicted octanol–water partition coefficient (Wildman–Crippen LogP) is 3.07. The summed E-state index contributed by atoms with van der Waals surface area (Å²) in [4.78, 5) is 8.47. The SMILES string of the molecule is COc1ccc2nc(-c3cncc(O)c3)sc2c1. The van der Waals surface area contributed by atoms with Crippen LogP contribution in [0.25, 0.3) is 20.8 Å². The molecule has 0 bridgehead atoms. The van der Waals surface area contributed by atoms with Gasteiger partial charge in [0.15, 0.2) is 0 Å². The van der Waals surface area contributed by atoms with E-state index in [2.05, 4.69) is 9.97 Å². The van der Waals surface area contributed by atoms with Crippen LogP contribution in [0.15, 0.2) is 36.7 Å². The van der Waals surface area contributed by atoms with Crippen molar-refractivity contribution in [2.45, 2.75) is 0 Å². The average Bonchev–Trinajstić information content (AvgIpc) is 2.81. The number of methoxy groups -OCH3 is 1. The molecule has 1 N–H and O–H groups in total. The Labute approximate surface area is 108 Å². The van der Waals surface area contributed by atoms with Crippen LogP contribution in [0.2, 0.25) is 0 Å². The third-order valence-electron chi connectivity index (χ3n) is 2.57. The van der Waals surface area contributed by atoms with Crippen molar-refractivity contribution in [1.82, 2.24) is 9.97 Å².